The first-order valence-corrected chi connectivity index (χ1v) is 6.33. The van der Waals surface area contributed by atoms with Gasteiger partial charge >= 0.3 is 0 Å². The van der Waals surface area contributed by atoms with Crippen molar-refractivity contribution in [1.82, 2.24) is 4.90 Å². The highest BCUT2D eigenvalue weighted by Gasteiger charge is 2.29. The molecule has 1 aliphatic carbocycles. The molecule has 1 saturated carbocycles. The highest BCUT2D eigenvalue weighted by atomic mass is 15.2. The van der Waals surface area contributed by atoms with Crippen molar-refractivity contribution in [2.75, 3.05) is 6.54 Å². The molecule has 0 aromatic heterocycles. The van der Waals surface area contributed by atoms with Gasteiger partial charge < -0.3 is 0 Å². The van der Waals surface area contributed by atoms with E-state index in [4.69, 9.17) is 5.26 Å². The second-order valence-electron chi connectivity index (χ2n) is 4.94. The maximum Gasteiger partial charge on any atom is 0.0870 e. The molecule has 0 saturated heterocycles. The Balaban J connectivity index is 2.66. The molecule has 15 heavy (non-hydrogen) atoms. The van der Waals surface area contributed by atoms with E-state index in [2.05, 4.69) is 31.7 Å². The van der Waals surface area contributed by atoms with Crippen molar-refractivity contribution in [3.63, 3.8) is 0 Å². The van der Waals surface area contributed by atoms with E-state index in [0.29, 0.717) is 18.6 Å². The van der Waals surface area contributed by atoms with Gasteiger partial charge in [0, 0.05) is 12.1 Å². The summed E-state index contributed by atoms with van der Waals surface area (Å²) < 4.78 is 0. The van der Waals surface area contributed by atoms with Crippen LogP contribution in [0.1, 0.15) is 52.9 Å². The summed E-state index contributed by atoms with van der Waals surface area (Å²) in [6.45, 7) is 7.30. The maximum atomic E-state index is 8.88. The van der Waals surface area contributed by atoms with Gasteiger partial charge in [0.1, 0.15) is 0 Å². The highest BCUT2D eigenvalue weighted by molar-refractivity contribution is 4.89. The van der Waals surface area contributed by atoms with Gasteiger partial charge in [-0.2, -0.15) is 5.26 Å². The lowest BCUT2D eigenvalue weighted by molar-refractivity contribution is 0.0866. The minimum absolute atomic E-state index is 0.502. The molecule has 2 atom stereocenters. The molecule has 0 aromatic carbocycles. The molecule has 1 fully saturated rings. The summed E-state index contributed by atoms with van der Waals surface area (Å²) in [6.07, 6.45) is 6.64. The molecule has 0 heterocycles. The summed E-state index contributed by atoms with van der Waals surface area (Å²) >= 11 is 0. The lowest BCUT2D eigenvalue weighted by atomic mass is 9.81. The van der Waals surface area contributed by atoms with Crippen LogP contribution in [0.5, 0.6) is 0 Å². The molecule has 2 heteroatoms. The molecule has 0 aromatic rings. The van der Waals surface area contributed by atoms with Gasteiger partial charge in [0.05, 0.1) is 12.6 Å². The number of rotatable bonds is 4. The second-order valence-corrected chi connectivity index (χ2v) is 4.94. The van der Waals surface area contributed by atoms with Crippen molar-refractivity contribution < 1.29 is 0 Å². The van der Waals surface area contributed by atoms with Crippen LogP contribution in [0.25, 0.3) is 0 Å². The van der Waals surface area contributed by atoms with Crippen LogP contribution in [0.4, 0.5) is 0 Å². The van der Waals surface area contributed by atoms with Crippen LogP contribution in [-0.2, 0) is 0 Å². The third kappa shape index (κ3) is 3.21. The Kier molecular flexibility index (Phi) is 5.11. The lowest BCUT2D eigenvalue weighted by Crippen LogP contribution is -2.46. The fourth-order valence-corrected chi connectivity index (χ4v) is 2.87. The van der Waals surface area contributed by atoms with E-state index in [0.717, 1.165) is 5.92 Å². The largest absolute Gasteiger partial charge is 0.285 e. The van der Waals surface area contributed by atoms with Gasteiger partial charge in [-0.1, -0.05) is 26.2 Å². The maximum absolute atomic E-state index is 8.88. The average molecular weight is 208 g/mol. The molecule has 86 valence electrons. The van der Waals surface area contributed by atoms with Crippen LogP contribution in [-0.4, -0.2) is 23.5 Å². The monoisotopic (exact) mass is 208 g/mol. The fourth-order valence-electron chi connectivity index (χ4n) is 2.87. The zero-order chi connectivity index (χ0) is 11.3. The van der Waals surface area contributed by atoms with Crippen molar-refractivity contribution in [2.24, 2.45) is 5.92 Å². The summed E-state index contributed by atoms with van der Waals surface area (Å²) in [5.74, 6) is 0.814. The zero-order valence-corrected chi connectivity index (χ0v) is 10.4. The molecule has 0 N–H and O–H groups in total. The van der Waals surface area contributed by atoms with Gasteiger partial charge in [-0.25, -0.2) is 0 Å². The molecule has 2 unspecified atom stereocenters. The predicted molar refractivity (Wildman–Crippen MR) is 63.5 cm³/mol. The van der Waals surface area contributed by atoms with Crippen LogP contribution >= 0.6 is 0 Å². The lowest BCUT2D eigenvalue weighted by Gasteiger charge is -2.40. The summed E-state index contributed by atoms with van der Waals surface area (Å²) in [5.41, 5.74) is 0. The number of nitrogens with zero attached hydrogens (tertiary/aromatic N) is 2. The van der Waals surface area contributed by atoms with Gasteiger partial charge in [0.2, 0.25) is 0 Å². The summed E-state index contributed by atoms with van der Waals surface area (Å²) in [7, 11) is 0. The summed E-state index contributed by atoms with van der Waals surface area (Å²) in [6, 6.07) is 3.47. The Bertz CT molecular complexity index is 217. The topological polar surface area (TPSA) is 27.0 Å². The quantitative estimate of drug-likeness (QED) is 0.663. The number of hydrogen-bond acceptors (Lipinski definition) is 2. The minimum Gasteiger partial charge on any atom is -0.285 e. The van der Waals surface area contributed by atoms with Crippen molar-refractivity contribution in [1.29, 1.82) is 5.26 Å². The molecule has 1 aliphatic rings. The standard InChI is InChI=1S/C13H24N2/c1-4-12-7-5-6-8-13(12)15(10-9-14)11(2)3/h11-13H,4-8,10H2,1-3H3. The molecule has 1 rings (SSSR count). The van der Waals surface area contributed by atoms with E-state index in [-0.39, 0.29) is 0 Å². The van der Waals surface area contributed by atoms with Crippen LogP contribution < -0.4 is 0 Å². The fraction of sp³-hybridized carbons (Fsp3) is 0.923. The SMILES string of the molecule is CCC1CCCCC1N(CC#N)C(C)C. The zero-order valence-electron chi connectivity index (χ0n) is 10.4. The third-order valence-electron chi connectivity index (χ3n) is 3.74. The predicted octanol–water partition coefficient (Wildman–Crippen LogP) is 3.19. The van der Waals surface area contributed by atoms with Crippen molar-refractivity contribution in [2.45, 2.75) is 65.0 Å². The minimum atomic E-state index is 0.502. The highest BCUT2D eigenvalue weighted by Crippen LogP contribution is 2.31. The van der Waals surface area contributed by atoms with Crippen LogP contribution in [0.15, 0.2) is 0 Å². The van der Waals surface area contributed by atoms with Crippen molar-refractivity contribution in [3.8, 4) is 6.07 Å². The van der Waals surface area contributed by atoms with E-state index >= 15 is 0 Å². The molecular weight excluding hydrogens is 184 g/mol. The van der Waals surface area contributed by atoms with E-state index < -0.39 is 0 Å². The Morgan fingerprint density at radius 2 is 2.00 bits per heavy atom. The molecule has 0 amide bonds. The van der Waals surface area contributed by atoms with E-state index in [1.54, 1.807) is 0 Å². The number of nitriles is 1. The van der Waals surface area contributed by atoms with Crippen LogP contribution in [0.3, 0.4) is 0 Å². The molecule has 0 bridgehead atoms. The Labute approximate surface area is 94.3 Å². The average Bonchev–Trinajstić information content (AvgIpc) is 2.25. The first-order valence-electron chi connectivity index (χ1n) is 6.33. The summed E-state index contributed by atoms with van der Waals surface area (Å²) in [5, 5.41) is 8.88. The van der Waals surface area contributed by atoms with E-state index in [9.17, 15) is 0 Å². The molecule has 0 radical (unpaired) electrons. The molecule has 2 nitrogen and oxygen atoms in total. The Morgan fingerprint density at radius 1 is 1.33 bits per heavy atom. The van der Waals surface area contributed by atoms with Crippen LogP contribution in [0.2, 0.25) is 0 Å². The van der Waals surface area contributed by atoms with E-state index in [1.807, 2.05) is 0 Å². The van der Waals surface area contributed by atoms with E-state index in [1.165, 1.54) is 32.1 Å². The molecule has 0 aliphatic heterocycles. The van der Waals surface area contributed by atoms with Gasteiger partial charge in [-0.3, -0.25) is 4.90 Å². The first kappa shape index (κ1) is 12.5. The Morgan fingerprint density at radius 3 is 2.53 bits per heavy atom. The molecular formula is C13H24N2. The third-order valence-corrected chi connectivity index (χ3v) is 3.74. The normalized spacial score (nSPS) is 26.9. The molecule has 0 spiro atoms. The number of hydrogen-bond donors (Lipinski definition) is 0. The van der Waals surface area contributed by atoms with Gasteiger partial charge in [0.25, 0.3) is 0 Å². The van der Waals surface area contributed by atoms with Crippen molar-refractivity contribution >= 4 is 0 Å². The van der Waals surface area contributed by atoms with Gasteiger partial charge in [-0.05, 0) is 32.6 Å². The first-order chi connectivity index (χ1) is 7.20. The summed E-state index contributed by atoms with van der Waals surface area (Å²) in [4.78, 5) is 2.40. The Hall–Kier alpha value is -0.550. The van der Waals surface area contributed by atoms with Gasteiger partial charge in [-0.15, -0.1) is 0 Å². The smallest absolute Gasteiger partial charge is 0.0870 e. The van der Waals surface area contributed by atoms with Crippen LogP contribution in [0, 0.1) is 17.2 Å². The second kappa shape index (κ2) is 6.12. The van der Waals surface area contributed by atoms with Crippen molar-refractivity contribution in [3.05, 3.63) is 0 Å². The van der Waals surface area contributed by atoms with Gasteiger partial charge in [0.15, 0.2) is 0 Å².